The summed E-state index contributed by atoms with van der Waals surface area (Å²) in [6, 6.07) is 8.84. The summed E-state index contributed by atoms with van der Waals surface area (Å²) >= 11 is 0.859. The van der Waals surface area contributed by atoms with Crippen LogP contribution in [-0.4, -0.2) is 25.2 Å². The van der Waals surface area contributed by atoms with Crippen LogP contribution < -0.4 is 10.0 Å². The third kappa shape index (κ3) is 2.29. The summed E-state index contributed by atoms with van der Waals surface area (Å²) in [5, 5.41) is 7.27. The van der Waals surface area contributed by atoms with Crippen molar-refractivity contribution in [3.8, 4) is 0 Å². The van der Waals surface area contributed by atoms with Crippen LogP contribution in [0.15, 0.2) is 34.7 Å². The van der Waals surface area contributed by atoms with Crippen LogP contribution in [0.3, 0.4) is 0 Å². The highest BCUT2D eigenvalue weighted by atomic mass is 32.2. The fourth-order valence-corrected chi connectivity index (χ4v) is 3.87. The van der Waals surface area contributed by atoms with Crippen LogP contribution in [0.5, 0.6) is 0 Å². The molecule has 2 N–H and O–H groups in total. The minimum atomic E-state index is -3.69. The summed E-state index contributed by atoms with van der Waals surface area (Å²) in [7, 11) is -3.69. The Morgan fingerprint density at radius 3 is 2.44 bits per heavy atom. The molecule has 8 heteroatoms. The Hall–Kier alpha value is -1.67. The van der Waals surface area contributed by atoms with Crippen molar-refractivity contribution in [2.75, 3.05) is 16.6 Å². The van der Waals surface area contributed by atoms with Crippen molar-refractivity contribution in [2.24, 2.45) is 0 Å². The van der Waals surface area contributed by atoms with Crippen LogP contribution in [0.25, 0.3) is 0 Å². The third-order valence-corrected chi connectivity index (χ3v) is 5.27. The van der Waals surface area contributed by atoms with Gasteiger partial charge in [0, 0.05) is 6.54 Å². The number of hydrogen-bond donors (Lipinski definition) is 1. The Bertz CT molecular complexity index is 624. The molecule has 0 aliphatic carbocycles. The molecule has 0 bridgehead atoms. The van der Waals surface area contributed by atoms with Crippen LogP contribution in [0, 0.1) is 0 Å². The van der Waals surface area contributed by atoms with E-state index in [4.69, 9.17) is 5.73 Å². The Labute approximate surface area is 109 Å². The molecule has 1 aromatic heterocycles. The first-order chi connectivity index (χ1) is 8.55. The van der Waals surface area contributed by atoms with Crippen molar-refractivity contribution in [2.45, 2.75) is 11.3 Å². The minimum absolute atomic E-state index is 0.0919. The number of nitrogens with two attached hydrogens (primary N) is 1. The molecule has 18 heavy (non-hydrogen) atoms. The Kier molecular flexibility index (Phi) is 3.48. The van der Waals surface area contributed by atoms with Gasteiger partial charge in [-0.15, -0.1) is 10.2 Å². The second kappa shape index (κ2) is 4.91. The zero-order chi connectivity index (χ0) is 13.2. The van der Waals surface area contributed by atoms with Gasteiger partial charge in [-0.3, -0.25) is 4.31 Å². The highest BCUT2D eigenvalue weighted by Crippen LogP contribution is 2.25. The van der Waals surface area contributed by atoms with Crippen LogP contribution in [0.2, 0.25) is 0 Å². The smallest absolute Gasteiger partial charge is 0.293 e. The van der Waals surface area contributed by atoms with Crippen molar-refractivity contribution in [3.05, 3.63) is 30.3 Å². The number of nitrogen functional groups attached to an aromatic ring is 1. The molecular formula is C10H12N4O2S2. The monoisotopic (exact) mass is 284 g/mol. The van der Waals surface area contributed by atoms with Gasteiger partial charge in [-0.2, -0.15) is 8.42 Å². The first kappa shape index (κ1) is 12.8. The fraction of sp³-hybridized carbons (Fsp3) is 0.200. The number of rotatable bonds is 4. The fourth-order valence-electron chi connectivity index (χ4n) is 1.50. The lowest BCUT2D eigenvalue weighted by molar-refractivity contribution is 0.590. The maximum atomic E-state index is 12.4. The van der Waals surface area contributed by atoms with Crippen molar-refractivity contribution < 1.29 is 8.42 Å². The van der Waals surface area contributed by atoms with E-state index in [1.165, 1.54) is 4.31 Å². The molecule has 2 aromatic rings. The molecule has 0 unspecified atom stereocenters. The summed E-state index contributed by atoms with van der Waals surface area (Å²) < 4.78 is 25.9. The molecule has 0 spiro atoms. The van der Waals surface area contributed by atoms with E-state index in [0.29, 0.717) is 12.2 Å². The van der Waals surface area contributed by atoms with Gasteiger partial charge in [-0.05, 0) is 19.1 Å². The molecule has 0 atom stereocenters. The van der Waals surface area contributed by atoms with E-state index in [2.05, 4.69) is 10.2 Å². The molecule has 0 aliphatic rings. The number of anilines is 2. The standard InChI is InChI=1S/C10H12N4O2S2/c1-2-14(8-6-4-3-5-7-8)18(15,16)10-13-12-9(11)17-10/h3-7H,2H2,1H3,(H2,11,12). The molecule has 6 nitrogen and oxygen atoms in total. The molecule has 1 aromatic carbocycles. The van der Waals surface area contributed by atoms with Gasteiger partial charge in [0.1, 0.15) is 0 Å². The number of sulfonamides is 1. The predicted octanol–water partition coefficient (Wildman–Crippen LogP) is 1.34. The summed E-state index contributed by atoms with van der Waals surface area (Å²) in [4.78, 5) is 0. The zero-order valence-electron chi connectivity index (χ0n) is 9.65. The maximum Gasteiger partial charge on any atom is 0.293 e. The van der Waals surface area contributed by atoms with E-state index in [0.717, 1.165) is 11.3 Å². The summed E-state index contributed by atoms with van der Waals surface area (Å²) in [6.07, 6.45) is 0. The van der Waals surface area contributed by atoms with Gasteiger partial charge >= 0.3 is 0 Å². The first-order valence-corrected chi connectivity index (χ1v) is 7.48. The summed E-state index contributed by atoms with van der Waals surface area (Å²) in [5.74, 6) is 0. The first-order valence-electron chi connectivity index (χ1n) is 5.22. The number of aromatic nitrogens is 2. The van der Waals surface area contributed by atoms with Crippen molar-refractivity contribution in [3.63, 3.8) is 0 Å². The Morgan fingerprint density at radius 1 is 1.28 bits per heavy atom. The predicted molar refractivity (Wildman–Crippen MR) is 71.0 cm³/mol. The van der Waals surface area contributed by atoms with E-state index >= 15 is 0 Å². The van der Waals surface area contributed by atoms with Gasteiger partial charge in [0.15, 0.2) is 0 Å². The van der Waals surface area contributed by atoms with E-state index in [9.17, 15) is 8.42 Å². The molecule has 0 radical (unpaired) electrons. The molecule has 1 heterocycles. The van der Waals surface area contributed by atoms with Crippen LogP contribution >= 0.6 is 11.3 Å². The van der Waals surface area contributed by atoms with E-state index in [1.807, 2.05) is 6.07 Å². The maximum absolute atomic E-state index is 12.4. The van der Waals surface area contributed by atoms with Crippen molar-refractivity contribution in [1.29, 1.82) is 0 Å². The molecule has 0 amide bonds. The number of benzene rings is 1. The average molecular weight is 284 g/mol. The van der Waals surface area contributed by atoms with Crippen LogP contribution in [-0.2, 0) is 10.0 Å². The number of para-hydroxylation sites is 1. The zero-order valence-corrected chi connectivity index (χ0v) is 11.3. The lowest BCUT2D eigenvalue weighted by Crippen LogP contribution is -2.30. The van der Waals surface area contributed by atoms with Gasteiger partial charge in [0.25, 0.3) is 14.4 Å². The lowest BCUT2D eigenvalue weighted by Gasteiger charge is -2.20. The molecule has 0 fully saturated rings. The molecular weight excluding hydrogens is 272 g/mol. The Morgan fingerprint density at radius 2 is 1.94 bits per heavy atom. The summed E-state index contributed by atoms with van der Waals surface area (Å²) in [5.41, 5.74) is 6.01. The van der Waals surface area contributed by atoms with Crippen molar-refractivity contribution >= 4 is 32.2 Å². The van der Waals surface area contributed by atoms with Crippen LogP contribution in [0.4, 0.5) is 10.8 Å². The third-order valence-electron chi connectivity index (χ3n) is 2.26. The van der Waals surface area contributed by atoms with E-state index in [-0.39, 0.29) is 9.47 Å². The van der Waals surface area contributed by atoms with Crippen LogP contribution in [0.1, 0.15) is 6.92 Å². The normalized spacial score (nSPS) is 11.4. The molecule has 2 rings (SSSR count). The van der Waals surface area contributed by atoms with E-state index < -0.39 is 10.0 Å². The summed E-state index contributed by atoms with van der Waals surface area (Å²) in [6.45, 7) is 2.07. The molecule has 96 valence electrons. The Balaban J connectivity index is 2.45. The minimum Gasteiger partial charge on any atom is -0.374 e. The van der Waals surface area contributed by atoms with Crippen molar-refractivity contribution in [1.82, 2.24) is 10.2 Å². The average Bonchev–Trinajstić information content (AvgIpc) is 2.78. The SMILES string of the molecule is CCN(c1ccccc1)S(=O)(=O)c1nnc(N)s1. The molecule has 0 saturated heterocycles. The quantitative estimate of drug-likeness (QED) is 0.915. The van der Waals surface area contributed by atoms with Gasteiger partial charge in [0.2, 0.25) is 5.13 Å². The number of nitrogens with zero attached hydrogens (tertiary/aromatic N) is 3. The second-order valence-corrected chi connectivity index (χ2v) is 6.46. The topological polar surface area (TPSA) is 89.2 Å². The molecule has 0 aliphatic heterocycles. The van der Waals surface area contributed by atoms with Gasteiger partial charge in [0.05, 0.1) is 5.69 Å². The van der Waals surface area contributed by atoms with Gasteiger partial charge in [-0.1, -0.05) is 29.5 Å². The second-order valence-electron chi connectivity index (χ2n) is 3.41. The van der Waals surface area contributed by atoms with E-state index in [1.54, 1.807) is 31.2 Å². The lowest BCUT2D eigenvalue weighted by atomic mass is 10.3. The van der Waals surface area contributed by atoms with Gasteiger partial charge < -0.3 is 5.73 Å². The number of hydrogen-bond acceptors (Lipinski definition) is 6. The highest BCUT2D eigenvalue weighted by molar-refractivity contribution is 7.94. The highest BCUT2D eigenvalue weighted by Gasteiger charge is 2.27. The molecule has 0 saturated carbocycles. The van der Waals surface area contributed by atoms with Gasteiger partial charge in [-0.25, -0.2) is 0 Å². The largest absolute Gasteiger partial charge is 0.374 e.